The molecule has 0 aliphatic rings. The molecular weight excluding hydrogens is 256 g/mol. The molecule has 0 saturated heterocycles. The molecule has 0 aromatic heterocycles. The van der Waals surface area contributed by atoms with E-state index in [0.29, 0.717) is 18.4 Å². The van der Waals surface area contributed by atoms with Crippen LogP contribution in [0, 0.1) is 11.8 Å². The minimum absolute atomic E-state index is 0.0316. The van der Waals surface area contributed by atoms with Gasteiger partial charge in [-0.2, -0.15) is 0 Å². The highest BCUT2D eigenvalue weighted by molar-refractivity contribution is 6.30. The fraction of sp³-hybridized carbons (Fsp3) is 0.625. The van der Waals surface area contributed by atoms with E-state index < -0.39 is 0 Å². The van der Waals surface area contributed by atoms with Crippen molar-refractivity contribution in [3.8, 4) is 0 Å². The van der Waals surface area contributed by atoms with E-state index in [2.05, 4.69) is 33.0 Å². The lowest BCUT2D eigenvalue weighted by Crippen LogP contribution is -2.47. The first kappa shape index (κ1) is 16.3. The van der Waals surface area contributed by atoms with Gasteiger partial charge in [0.1, 0.15) is 0 Å². The van der Waals surface area contributed by atoms with Gasteiger partial charge >= 0.3 is 0 Å². The van der Waals surface area contributed by atoms with Crippen molar-refractivity contribution in [3.63, 3.8) is 0 Å². The molecule has 1 aromatic rings. The maximum absolute atomic E-state index is 6.09. The molecule has 2 nitrogen and oxygen atoms in total. The molecule has 0 radical (unpaired) electrons. The first-order valence-electron chi connectivity index (χ1n) is 7.11. The Kier molecular flexibility index (Phi) is 6.15. The Labute approximate surface area is 122 Å². The topological polar surface area (TPSA) is 38.0 Å². The van der Waals surface area contributed by atoms with Gasteiger partial charge in [-0.3, -0.25) is 0 Å². The highest BCUT2D eigenvalue weighted by Crippen LogP contribution is 2.29. The van der Waals surface area contributed by atoms with Gasteiger partial charge < -0.3 is 11.1 Å². The predicted molar refractivity (Wildman–Crippen MR) is 85.8 cm³/mol. The lowest BCUT2D eigenvalue weighted by molar-refractivity contribution is 0.317. The molecule has 0 spiro atoms. The molecule has 0 fully saturated rings. The van der Waals surface area contributed by atoms with Crippen LogP contribution < -0.4 is 11.1 Å². The van der Waals surface area contributed by atoms with Crippen molar-refractivity contribution in [1.29, 1.82) is 0 Å². The van der Waals surface area contributed by atoms with Gasteiger partial charge in [0, 0.05) is 17.3 Å². The number of hydrogen-bond acceptors (Lipinski definition) is 2. The van der Waals surface area contributed by atoms with E-state index in [-0.39, 0.29) is 5.54 Å². The molecule has 0 heterocycles. The molecule has 19 heavy (non-hydrogen) atoms. The van der Waals surface area contributed by atoms with E-state index >= 15 is 0 Å². The summed E-state index contributed by atoms with van der Waals surface area (Å²) in [5.74, 6) is 1.23. The summed E-state index contributed by atoms with van der Waals surface area (Å²) in [6, 6.07) is 7.87. The summed E-state index contributed by atoms with van der Waals surface area (Å²) < 4.78 is 0. The van der Waals surface area contributed by atoms with Crippen LogP contribution in [0.1, 0.15) is 40.5 Å². The Hall–Kier alpha value is -0.730. The van der Waals surface area contributed by atoms with Crippen LogP contribution in [0.4, 0.5) is 5.69 Å². The summed E-state index contributed by atoms with van der Waals surface area (Å²) in [5.41, 5.74) is 7.16. The molecule has 0 aliphatic carbocycles. The third kappa shape index (κ3) is 5.42. The van der Waals surface area contributed by atoms with Crippen LogP contribution in [0.25, 0.3) is 0 Å². The van der Waals surface area contributed by atoms with E-state index in [1.54, 1.807) is 0 Å². The average molecular weight is 283 g/mol. The molecule has 0 amide bonds. The second kappa shape index (κ2) is 7.16. The smallest absolute Gasteiger partial charge is 0.0500 e. The number of halogens is 1. The summed E-state index contributed by atoms with van der Waals surface area (Å²) in [6.45, 7) is 9.62. The van der Waals surface area contributed by atoms with Crippen LogP contribution in [0.2, 0.25) is 5.02 Å². The van der Waals surface area contributed by atoms with Gasteiger partial charge in [-0.25, -0.2) is 0 Å². The molecule has 108 valence electrons. The van der Waals surface area contributed by atoms with Crippen LogP contribution in [-0.2, 0) is 0 Å². The highest BCUT2D eigenvalue weighted by Gasteiger charge is 2.30. The Morgan fingerprint density at radius 3 is 1.89 bits per heavy atom. The Balaban J connectivity index is 2.91. The zero-order valence-corrected chi connectivity index (χ0v) is 13.3. The molecule has 3 heteroatoms. The maximum atomic E-state index is 6.09. The number of benzene rings is 1. The normalized spacial score (nSPS) is 12.2. The lowest BCUT2D eigenvalue weighted by atomic mass is 9.81. The summed E-state index contributed by atoms with van der Waals surface area (Å²) in [5, 5.41) is 4.41. The fourth-order valence-electron chi connectivity index (χ4n) is 2.81. The molecule has 0 saturated carbocycles. The molecule has 1 aromatic carbocycles. The predicted octanol–water partition coefficient (Wildman–Crippen LogP) is 4.54. The zero-order chi connectivity index (χ0) is 14.5. The van der Waals surface area contributed by atoms with E-state index in [4.69, 9.17) is 17.3 Å². The van der Waals surface area contributed by atoms with Gasteiger partial charge in [-0.15, -0.1) is 0 Å². The van der Waals surface area contributed by atoms with Crippen LogP contribution >= 0.6 is 11.6 Å². The minimum Gasteiger partial charge on any atom is -0.378 e. The van der Waals surface area contributed by atoms with Crippen molar-refractivity contribution in [2.45, 2.75) is 46.1 Å². The number of nitrogens with one attached hydrogen (secondary N) is 1. The van der Waals surface area contributed by atoms with Gasteiger partial charge in [0.25, 0.3) is 0 Å². The Morgan fingerprint density at radius 2 is 1.53 bits per heavy atom. The number of rotatable bonds is 7. The lowest BCUT2D eigenvalue weighted by Gasteiger charge is -2.38. The van der Waals surface area contributed by atoms with Crippen molar-refractivity contribution in [2.75, 3.05) is 11.9 Å². The van der Waals surface area contributed by atoms with Crippen LogP contribution in [0.15, 0.2) is 24.3 Å². The minimum atomic E-state index is -0.0316. The van der Waals surface area contributed by atoms with Gasteiger partial charge in [-0.1, -0.05) is 39.3 Å². The first-order chi connectivity index (χ1) is 8.87. The van der Waals surface area contributed by atoms with Crippen molar-refractivity contribution >= 4 is 17.3 Å². The standard InChI is InChI=1S/C16H27ClN2/c1-12(2)9-16(11-18,10-13(3)4)19-15-7-5-14(17)6-8-15/h5-8,12-13,19H,9-11,18H2,1-4H3. The second-order valence-corrected chi connectivity index (χ2v) is 6.75. The first-order valence-corrected chi connectivity index (χ1v) is 7.48. The molecule has 0 atom stereocenters. The number of nitrogens with two attached hydrogens (primary N) is 1. The van der Waals surface area contributed by atoms with Gasteiger partial charge in [0.05, 0.1) is 5.54 Å². The maximum Gasteiger partial charge on any atom is 0.0500 e. The molecule has 0 bridgehead atoms. The third-order valence-corrected chi connectivity index (χ3v) is 3.49. The monoisotopic (exact) mass is 282 g/mol. The number of anilines is 1. The van der Waals surface area contributed by atoms with Gasteiger partial charge in [0.15, 0.2) is 0 Å². The van der Waals surface area contributed by atoms with Crippen molar-refractivity contribution in [1.82, 2.24) is 0 Å². The van der Waals surface area contributed by atoms with Gasteiger partial charge in [-0.05, 0) is 48.9 Å². The molecule has 1 rings (SSSR count). The molecule has 3 N–H and O–H groups in total. The largest absolute Gasteiger partial charge is 0.378 e. The Bertz CT molecular complexity index is 361. The average Bonchev–Trinajstić information content (AvgIpc) is 2.30. The summed E-state index contributed by atoms with van der Waals surface area (Å²) in [7, 11) is 0. The van der Waals surface area contributed by atoms with Crippen LogP contribution in [-0.4, -0.2) is 12.1 Å². The quantitative estimate of drug-likeness (QED) is 0.770. The molecule has 0 unspecified atom stereocenters. The summed E-state index contributed by atoms with van der Waals surface area (Å²) >= 11 is 5.93. The SMILES string of the molecule is CC(C)CC(CN)(CC(C)C)Nc1ccc(Cl)cc1. The number of hydrogen-bond donors (Lipinski definition) is 2. The highest BCUT2D eigenvalue weighted by atomic mass is 35.5. The van der Waals surface area contributed by atoms with E-state index in [1.807, 2.05) is 24.3 Å². The van der Waals surface area contributed by atoms with Crippen LogP contribution in [0.5, 0.6) is 0 Å². The second-order valence-electron chi connectivity index (χ2n) is 6.31. The Morgan fingerprint density at radius 1 is 1.05 bits per heavy atom. The molecule has 0 aliphatic heterocycles. The van der Waals surface area contributed by atoms with E-state index in [0.717, 1.165) is 23.6 Å². The third-order valence-electron chi connectivity index (χ3n) is 3.24. The fourth-order valence-corrected chi connectivity index (χ4v) is 2.93. The zero-order valence-electron chi connectivity index (χ0n) is 12.5. The van der Waals surface area contributed by atoms with E-state index in [1.165, 1.54) is 0 Å². The van der Waals surface area contributed by atoms with Gasteiger partial charge in [0.2, 0.25) is 0 Å². The molecular formula is C16H27ClN2. The summed E-state index contributed by atoms with van der Waals surface area (Å²) in [6.07, 6.45) is 2.15. The summed E-state index contributed by atoms with van der Waals surface area (Å²) in [4.78, 5) is 0. The van der Waals surface area contributed by atoms with Crippen LogP contribution in [0.3, 0.4) is 0 Å². The van der Waals surface area contributed by atoms with Crippen molar-refractivity contribution < 1.29 is 0 Å². The van der Waals surface area contributed by atoms with E-state index in [9.17, 15) is 0 Å². The van der Waals surface area contributed by atoms with Crippen molar-refractivity contribution in [2.24, 2.45) is 17.6 Å². The van der Waals surface area contributed by atoms with Crippen molar-refractivity contribution in [3.05, 3.63) is 29.3 Å².